The summed E-state index contributed by atoms with van der Waals surface area (Å²) in [5, 5.41) is 0. The van der Waals surface area contributed by atoms with Gasteiger partial charge in [0.25, 0.3) is 0 Å². The number of ether oxygens (including phenoxy) is 1. The second kappa shape index (κ2) is 7.86. The molecule has 0 atom stereocenters. The van der Waals surface area contributed by atoms with Gasteiger partial charge in [-0.15, -0.1) is 0 Å². The monoisotopic (exact) mass is 443 g/mol. The predicted octanol–water partition coefficient (Wildman–Crippen LogP) is 2.97. The molecule has 0 saturated carbocycles. The minimum absolute atomic E-state index is 0.0880. The average molecular weight is 444 g/mol. The molecule has 0 radical (unpaired) electrons. The van der Waals surface area contributed by atoms with E-state index in [2.05, 4.69) is 4.72 Å². The van der Waals surface area contributed by atoms with Crippen molar-refractivity contribution in [3.05, 3.63) is 83.9 Å². The molecule has 0 unspecified atom stereocenters. The highest BCUT2D eigenvalue weighted by Gasteiger charge is 2.30. The number of fused-ring (bicyclic) bond motifs is 1. The molecule has 0 aromatic heterocycles. The Morgan fingerprint density at radius 3 is 2.00 bits per heavy atom. The zero-order valence-corrected chi connectivity index (χ0v) is 17.9. The molecule has 3 aromatic carbocycles. The van der Waals surface area contributed by atoms with Crippen LogP contribution in [0, 0.1) is 0 Å². The summed E-state index contributed by atoms with van der Waals surface area (Å²) in [6.45, 7) is 0. The first-order valence-electron chi connectivity index (χ1n) is 9.38. The molecule has 1 aliphatic rings. The van der Waals surface area contributed by atoms with Crippen molar-refractivity contribution in [1.82, 2.24) is 4.72 Å². The molecule has 0 saturated heterocycles. The van der Waals surface area contributed by atoms with Crippen LogP contribution >= 0.6 is 0 Å². The molecule has 8 heteroatoms. The molecule has 156 valence electrons. The molecule has 1 aliphatic carbocycles. The molecule has 1 N–H and O–H groups in total. The van der Waals surface area contributed by atoms with Gasteiger partial charge in [0.2, 0.25) is 19.9 Å². The maximum atomic E-state index is 13.1. The number of hydrogen-bond donors (Lipinski definition) is 1. The van der Waals surface area contributed by atoms with Crippen LogP contribution in [0.25, 0.3) is 0 Å². The summed E-state index contributed by atoms with van der Waals surface area (Å²) in [5.74, 6) is 0.0880. The van der Waals surface area contributed by atoms with Crippen molar-refractivity contribution in [3.8, 4) is 5.75 Å². The Morgan fingerprint density at radius 1 is 0.800 bits per heavy atom. The maximum Gasteiger partial charge on any atom is 0.244 e. The van der Waals surface area contributed by atoms with Gasteiger partial charge in [-0.25, -0.2) is 21.6 Å². The minimum atomic E-state index is -4.01. The lowest BCUT2D eigenvalue weighted by molar-refractivity contribution is 0.401. The standard InChI is InChI=1S/C22H21NO5S2/c1-28-21-12-11-20(29(24,25)19-9-3-2-4-10-19)15-22(21)30(26,27)23-18-13-16-7-5-6-8-17(16)14-18/h2-12,15,18,23H,13-14H2,1H3. The van der Waals surface area contributed by atoms with E-state index in [9.17, 15) is 16.8 Å². The second-order valence-electron chi connectivity index (χ2n) is 7.12. The normalized spacial score (nSPS) is 14.4. The molecular formula is C22H21NO5S2. The SMILES string of the molecule is COc1ccc(S(=O)(=O)c2ccccc2)cc1S(=O)(=O)NC1Cc2ccccc2C1. The first-order valence-corrected chi connectivity index (χ1v) is 12.4. The van der Waals surface area contributed by atoms with Gasteiger partial charge >= 0.3 is 0 Å². The van der Waals surface area contributed by atoms with Crippen LogP contribution < -0.4 is 9.46 Å². The number of rotatable bonds is 6. The lowest BCUT2D eigenvalue weighted by Gasteiger charge is -2.16. The van der Waals surface area contributed by atoms with Gasteiger partial charge in [-0.05, 0) is 54.3 Å². The van der Waals surface area contributed by atoms with Gasteiger partial charge in [0.1, 0.15) is 10.6 Å². The van der Waals surface area contributed by atoms with Crippen LogP contribution in [0.3, 0.4) is 0 Å². The van der Waals surface area contributed by atoms with Crippen molar-refractivity contribution in [3.63, 3.8) is 0 Å². The van der Waals surface area contributed by atoms with E-state index in [1.807, 2.05) is 24.3 Å². The molecule has 3 aromatic rings. The Hall–Kier alpha value is -2.68. The third kappa shape index (κ3) is 3.86. The summed E-state index contributed by atoms with van der Waals surface area (Å²) >= 11 is 0. The van der Waals surface area contributed by atoms with Gasteiger partial charge in [0, 0.05) is 6.04 Å². The summed E-state index contributed by atoms with van der Waals surface area (Å²) in [6, 6.07) is 19.3. The zero-order chi connectivity index (χ0) is 21.4. The van der Waals surface area contributed by atoms with E-state index < -0.39 is 19.9 Å². The summed E-state index contributed by atoms with van der Waals surface area (Å²) in [4.78, 5) is -0.208. The number of sulfone groups is 1. The maximum absolute atomic E-state index is 13.1. The van der Waals surface area contributed by atoms with Crippen molar-refractivity contribution in [2.75, 3.05) is 7.11 Å². The number of benzene rings is 3. The number of nitrogens with one attached hydrogen (secondary N) is 1. The first kappa shape index (κ1) is 20.6. The van der Waals surface area contributed by atoms with Crippen molar-refractivity contribution >= 4 is 19.9 Å². The van der Waals surface area contributed by atoms with E-state index in [0.29, 0.717) is 12.8 Å². The van der Waals surface area contributed by atoms with Crippen LogP contribution in [0.4, 0.5) is 0 Å². The Labute approximate surface area is 176 Å². The Bertz CT molecular complexity index is 1260. The van der Waals surface area contributed by atoms with Crippen molar-refractivity contribution in [2.24, 2.45) is 0 Å². The highest BCUT2D eigenvalue weighted by atomic mass is 32.2. The van der Waals surface area contributed by atoms with Crippen molar-refractivity contribution in [1.29, 1.82) is 0 Å². The van der Waals surface area contributed by atoms with E-state index in [0.717, 1.165) is 17.2 Å². The first-order chi connectivity index (χ1) is 14.3. The Morgan fingerprint density at radius 2 is 1.40 bits per heavy atom. The smallest absolute Gasteiger partial charge is 0.244 e. The van der Waals surface area contributed by atoms with Gasteiger partial charge in [-0.3, -0.25) is 0 Å². The molecule has 30 heavy (non-hydrogen) atoms. The van der Waals surface area contributed by atoms with E-state index >= 15 is 0 Å². The van der Waals surface area contributed by atoms with Crippen LogP contribution in [-0.4, -0.2) is 30.0 Å². The van der Waals surface area contributed by atoms with E-state index in [1.54, 1.807) is 18.2 Å². The molecule has 0 bridgehead atoms. The number of methoxy groups -OCH3 is 1. The lowest BCUT2D eigenvalue weighted by atomic mass is 10.1. The summed E-state index contributed by atoms with van der Waals surface area (Å²) in [6.07, 6.45) is 1.17. The molecule has 4 rings (SSSR count). The van der Waals surface area contributed by atoms with Crippen molar-refractivity contribution in [2.45, 2.75) is 33.6 Å². The van der Waals surface area contributed by atoms with Gasteiger partial charge in [0.05, 0.1) is 16.9 Å². The summed E-state index contributed by atoms with van der Waals surface area (Å²) in [7, 11) is -6.52. The van der Waals surface area contributed by atoms with Crippen LogP contribution in [-0.2, 0) is 32.7 Å². The Balaban J connectivity index is 1.69. The average Bonchev–Trinajstić information content (AvgIpc) is 3.15. The fourth-order valence-electron chi connectivity index (χ4n) is 3.70. The fourth-order valence-corrected chi connectivity index (χ4v) is 6.51. The molecular weight excluding hydrogens is 422 g/mol. The molecule has 0 spiro atoms. The highest BCUT2D eigenvalue weighted by Crippen LogP contribution is 2.31. The third-order valence-electron chi connectivity index (χ3n) is 5.16. The predicted molar refractivity (Wildman–Crippen MR) is 113 cm³/mol. The third-order valence-corrected chi connectivity index (χ3v) is 8.47. The Kier molecular flexibility index (Phi) is 5.40. The fraction of sp³-hybridized carbons (Fsp3) is 0.182. The van der Waals surface area contributed by atoms with Gasteiger partial charge in [-0.2, -0.15) is 0 Å². The summed E-state index contributed by atoms with van der Waals surface area (Å²) in [5.41, 5.74) is 2.22. The topological polar surface area (TPSA) is 89.5 Å². The van der Waals surface area contributed by atoms with Gasteiger partial charge in [0.15, 0.2) is 0 Å². The minimum Gasteiger partial charge on any atom is -0.495 e. The molecule has 0 amide bonds. The van der Waals surface area contributed by atoms with Crippen LogP contribution in [0.1, 0.15) is 11.1 Å². The lowest BCUT2D eigenvalue weighted by Crippen LogP contribution is -2.35. The van der Waals surface area contributed by atoms with Crippen LogP contribution in [0.5, 0.6) is 5.75 Å². The van der Waals surface area contributed by atoms with Gasteiger partial charge in [-0.1, -0.05) is 42.5 Å². The van der Waals surface area contributed by atoms with E-state index in [-0.39, 0.29) is 26.5 Å². The second-order valence-corrected chi connectivity index (χ2v) is 10.8. The van der Waals surface area contributed by atoms with E-state index in [4.69, 9.17) is 4.74 Å². The van der Waals surface area contributed by atoms with Crippen LogP contribution in [0.15, 0.2) is 87.5 Å². The molecule has 0 fully saturated rings. The van der Waals surface area contributed by atoms with E-state index in [1.165, 1.54) is 31.4 Å². The van der Waals surface area contributed by atoms with Gasteiger partial charge < -0.3 is 4.74 Å². The summed E-state index contributed by atoms with van der Waals surface area (Å²) < 4.78 is 60.1. The van der Waals surface area contributed by atoms with Crippen molar-refractivity contribution < 1.29 is 21.6 Å². The molecule has 0 aliphatic heterocycles. The number of hydrogen-bond acceptors (Lipinski definition) is 5. The van der Waals surface area contributed by atoms with Crippen LogP contribution in [0.2, 0.25) is 0 Å². The highest BCUT2D eigenvalue weighted by molar-refractivity contribution is 7.91. The zero-order valence-electron chi connectivity index (χ0n) is 16.3. The molecule has 0 heterocycles. The molecule has 6 nitrogen and oxygen atoms in total. The number of sulfonamides is 1. The quantitative estimate of drug-likeness (QED) is 0.633. The largest absolute Gasteiger partial charge is 0.495 e.